The normalized spacial score (nSPS) is 9.74. The summed E-state index contributed by atoms with van der Waals surface area (Å²) in [5.41, 5.74) is 4.68. The van der Waals surface area contributed by atoms with E-state index in [9.17, 15) is 0 Å². The molecule has 0 bridgehead atoms. The molecule has 1 aromatic rings. The number of aryl methyl sites for hydroxylation is 1. The standard InChI is InChI=1S/C15H14N2O.2C2H5.Ni/c1-3-16-11-8-9-13-15(10(11)2)18-14-7-5-4-6-12(14)17-13;2*1-2;/h4,6-9,16H,3H2,1-2H3;2*1H2,2H3;/q;2*-1;. The van der Waals surface area contributed by atoms with E-state index in [1.54, 1.807) is 13.8 Å². The van der Waals surface area contributed by atoms with Crippen LogP contribution in [0.1, 0.15) is 26.3 Å². The smallest absolute Gasteiger partial charge is 0.194 e. The van der Waals surface area contributed by atoms with Gasteiger partial charge in [-0.15, -0.1) is 0 Å². The first-order valence-electron chi connectivity index (χ1n) is 7.64. The van der Waals surface area contributed by atoms with Crippen molar-refractivity contribution in [2.24, 2.45) is 0 Å². The summed E-state index contributed by atoms with van der Waals surface area (Å²) in [4.78, 5) is 4.62. The maximum Gasteiger partial charge on any atom is -0.194 e. The average molecular weight is 355 g/mol. The number of hydrogen-bond acceptors (Lipinski definition) is 3. The molecule has 1 heterocycles. The zero-order valence-electron chi connectivity index (χ0n) is 14.2. The van der Waals surface area contributed by atoms with Crippen molar-refractivity contribution in [3.05, 3.63) is 53.9 Å². The fraction of sp³-hybridized carbons (Fsp3) is 0.263. The molecule has 3 nitrogen and oxygen atoms in total. The second kappa shape index (κ2) is 9.47. The molecule has 1 aromatic carbocycles. The van der Waals surface area contributed by atoms with Gasteiger partial charge in [-0.2, -0.15) is 13.8 Å². The van der Waals surface area contributed by atoms with Gasteiger partial charge in [0.25, 0.3) is 0 Å². The van der Waals surface area contributed by atoms with E-state index in [1.165, 1.54) is 0 Å². The molecule has 0 atom stereocenters. The fourth-order valence-corrected chi connectivity index (χ4v) is 2.38. The summed E-state index contributed by atoms with van der Waals surface area (Å²) < 4.78 is 6.79. The van der Waals surface area contributed by atoms with Crippen LogP contribution in [0.5, 0.6) is 0 Å². The summed E-state index contributed by atoms with van der Waals surface area (Å²) in [5, 5.41) is 3.32. The van der Waals surface area contributed by atoms with Crippen LogP contribution in [0.15, 0.2) is 34.7 Å². The van der Waals surface area contributed by atoms with Gasteiger partial charge in [0.05, 0.1) is 0 Å². The number of rotatable bonds is 2. The number of benzene rings is 2. The molecule has 1 aliphatic heterocycles. The molecular weight excluding hydrogens is 331 g/mol. The van der Waals surface area contributed by atoms with Crippen LogP contribution in [-0.2, 0) is 15.0 Å². The largest absolute Gasteiger partial charge is 0.346 e. The van der Waals surface area contributed by atoms with E-state index in [0.717, 1.165) is 44.5 Å². The Balaban J connectivity index is 0.000000615. The predicted octanol–water partition coefficient (Wildman–Crippen LogP) is 5.43. The van der Waals surface area contributed by atoms with E-state index in [4.69, 9.17) is 19.4 Å². The SMILES string of the molecule is CCNc1ccc2nc3cc[c](=[Ni])cc-3oc2c1C.[CH2-]C.[CH2-]C. The Morgan fingerprint density at radius 1 is 1.13 bits per heavy atom. The monoisotopic (exact) mass is 354 g/mol. The average Bonchev–Trinajstić information content (AvgIpc) is 2.60. The van der Waals surface area contributed by atoms with E-state index < -0.39 is 0 Å². The molecular formula is C19H24N2NiO-2. The zero-order valence-corrected chi connectivity index (χ0v) is 15.2. The minimum atomic E-state index is 0.744. The van der Waals surface area contributed by atoms with Crippen molar-refractivity contribution in [2.45, 2.75) is 27.7 Å². The number of hydrogen-bond donors (Lipinski definition) is 1. The van der Waals surface area contributed by atoms with Gasteiger partial charge >= 0.3 is 118 Å². The van der Waals surface area contributed by atoms with Crippen molar-refractivity contribution in [3.8, 4) is 11.5 Å². The number of nitrogens with zero attached hydrogens (tertiary/aromatic N) is 1. The molecule has 0 amide bonds. The van der Waals surface area contributed by atoms with Crippen molar-refractivity contribution in [1.29, 1.82) is 0 Å². The van der Waals surface area contributed by atoms with E-state index in [-0.39, 0.29) is 0 Å². The molecule has 2 aliphatic rings. The first-order valence-corrected chi connectivity index (χ1v) is 8.13. The number of aromatic nitrogens is 1. The van der Waals surface area contributed by atoms with E-state index in [1.807, 2.05) is 37.3 Å². The third-order valence-corrected chi connectivity index (χ3v) is 3.42. The molecule has 0 radical (unpaired) electrons. The van der Waals surface area contributed by atoms with Gasteiger partial charge in [0.15, 0.2) is 0 Å². The van der Waals surface area contributed by atoms with Crippen LogP contribution in [0.2, 0.25) is 0 Å². The molecule has 128 valence electrons. The number of anilines is 1. The van der Waals surface area contributed by atoms with Crippen LogP contribution in [0, 0.1) is 24.9 Å². The molecule has 0 unspecified atom stereocenters. The van der Waals surface area contributed by atoms with Gasteiger partial charge in [0, 0.05) is 0 Å². The molecule has 4 heteroatoms. The van der Waals surface area contributed by atoms with Gasteiger partial charge in [-0.25, -0.2) is 0 Å². The summed E-state index contributed by atoms with van der Waals surface area (Å²) in [7, 11) is 0. The first-order chi connectivity index (χ1) is 11.2. The Hall–Kier alpha value is -1.67. The molecule has 0 aromatic heterocycles. The predicted molar refractivity (Wildman–Crippen MR) is 94.8 cm³/mol. The van der Waals surface area contributed by atoms with Crippen LogP contribution in [0.3, 0.4) is 0 Å². The Labute approximate surface area is 146 Å². The summed E-state index contributed by atoms with van der Waals surface area (Å²) in [6, 6.07) is 9.68. The van der Waals surface area contributed by atoms with Gasteiger partial charge in [0.1, 0.15) is 0 Å². The Morgan fingerprint density at radius 2 is 1.83 bits per heavy atom. The molecule has 1 N–H and O–H groups in total. The zero-order chi connectivity index (χ0) is 17.4. The van der Waals surface area contributed by atoms with Crippen molar-refractivity contribution >= 4 is 16.8 Å². The van der Waals surface area contributed by atoms with Crippen LogP contribution in [0.4, 0.5) is 5.69 Å². The molecule has 1 aliphatic carbocycles. The maximum atomic E-state index is 5.98. The first kappa shape index (κ1) is 19.4. The topological polar surface area (TPSA) is 38.1 Å². The number of nitrogens with one attached hydrogen (secondary N) is 1. The van der Waals surface area contributed by atoms with Crippen molar-refractivity contribution in [2.75, 3.05) is 11.9 Å². The maximum absolute atomic E-state index is 5.98. The van der Waals surface area contributed by atoms with Crippen LogP contribution >= 0.6 is 0 Å². The molecule has 0 saturated carbocycles. The fourth-order valence-electron chi connectivity index (χ4n) is 2.16. The van der Waals surface area contributed by atoms with Crippen molar-refractivity contribution in [1.82, 2.24) is 4.98 Å². The van der Waals surface area contributed by atoms with Gasteiger partial charge in [-0.05, 0) is 0 Å². The summed E-state index contributed by atoms with van der Waals surface area (Å²) in [5.74, 6) is 0.744. The second-order valence-corrected chi connectivity index (χ2v) is 4.98. The molecule has 3 rings (SSSR count). The van der Waals surface area contributed by atoms with E-state index >= 15 is 0 Å². The van der Waals surface area contributed by atoms with Gasteiger partial charge in [-0.3, -0.25) is 0 Å². The molecule has 0 saturated heterocycles. The minimum absolute atomic E-state index is 0.744. The quantitative estimate of drug-likeness (QED) is 0.378. The Morgan fingerprint density at radius 3 is 2.48 bits per heavy atom. The van der Waals surface area contributed by atoms with E-state index in [2.05, 4.69) is 31.1 Å². The van der Waals surface area contributed by atoms with Crippen LogP contribution in [0.25, 0.3) is 22.6 Å². The van der Waals surface area contributed by atoms with Gasteiger partial charge in [0.2, 0.25) is 0 Å². The van der Waals surface area contributed by atoms with Crippen molar-refractivity contribution < 1.29 is 19.4 Å². The summed E-state index contributed by atoms with van der Waals surface area (Å²) >= 11 is 4.85. The second-order valence-electron chi connectivity index (χ2n) is 4.41. The third-order valence-electron chi connectivity index (χ3n) is 3.11. The van der Waals surface area contributed by atoms with Crippen LogP contribution < -0.4 is 5.32 Å². The Kier molecular flexibility index (Phi) is 7.98. The third kappa shape index (κ3) is 4.42. The van der Waals surface area contributed by atoms with Gasteiger partial charge < -0.3 is 13.8 Å². The van der Waals surface area contributed by atoms with E-state index in [0.29, 0.717) is 0 Å². The summed E-state index contributed by atoms with van der Waals surface area (Å²) in [6.07, 6.45) is 0. The molecule has 0 fully saturated rings. The minimum Gasteiger partial charge on any atom is -0.346 e. The van der Waals surface area contributed by atoms with Crippen molar-refractivity contribution in [3.63, 3.8) is 0 Å². The molecule has 23 heavy (non-hydrogen) atoms. The summed E-state index contributed by atoms with van der Waals surface area (Å²) in [6.45, 7) is 15.0. The molecule has 0 spiro atoms. The van der Waals surface area contributed by atoms with Gasteiger partial charge in [-0.1, -0.05) is 0 Å². The Bertz CT molecular complexity index is 780. The van der Waals surface area contributed by atoms with Crippen LogP contribution in [-0.4, -0.2) is 11.5 Å². The number of fused-ring (bicyclic) bond motifs is 2.